The molecule has 258 valence electrons. The van der Waals surface area contributed by atoms with Crippen LogP contribution >= 0.6 is 0 Å². The minimum absolute atomic E-state index is 0.592. The monoisotopic (exact) mass is 707 g/mol. The van der Waals surface area contributed by atoms with Crippen molar-refractivity contribution in [1.82, 2.24) is 43.6 Å². The fraction of sp³-hybridized carbons (Fsp3) is 0. The van der Waals surface area contributed by atoms with Crippen molar-refractivity contribution >= 4 is 43.7 Å². The van der Waals surface area contributed by atoms with Crippen LogP contribution in [0.25, 0.3) is 94.7 Å². The SMILES string of the molecule is c1ccc(-n2ccnc2-c2cccc(-c3ccc4c(c3)c3ccncc3n4-c3cccc(-n4c5ccccc5c5cc(-c6ncncn6)cnc54)c3)c2)cc1. The summed E-state index contributed by atoms with van der Waals surface area (Å²) in [5, 5.41) is 4.42. The molecule has 6 heterocycles. The molecule has 0 N–H and O–H groups in total. The Kier molecular flexibility index (Phi) is 6.96. The summed E-state index contributed by atoms with van der Waals surface area (Å²) >= 11 is 0. The van der Waals surface area contributed by atoms with Gasteiger partial charge in [0.25, 0.3) is 0 Å². The standard InChI is InChI=1S/C46H29N9/c1-2-10-34(11-3-1)53-21-20-49-45(53)32-9-6-8-30(22-32)31-16-17-42-39(23-31)38-18-19-47-27-43(38)54(42)35-12-7-13-36(25-35)55-41-15-5-4-14-37(41)40-24-33(26-50-46(40)55)44-51-28-48-29-52-44/h1-29H. The van der Waals surface area contributed by atoms with Crippen LogP contribution in [-0.2, 0) is 0 Å². The second kappa shape index (κ2) is 12.4. The minimum atomic E-state index is 0.592. The second-order valence-electron chi connectivity index (χ2n) is 13.4. The van der Waals surface area contributed by atoms with Gasteiger partial charge in [-0.15, -0.1) is 0 Å². The highest BCUT2D eigenvalue weighted by Crippen LogP contribution is 2.37. The summed E-state index contributed by atoms with van der Waals surface area (Å²) in [5.41, 5.74) is 11.3. The van der Waals surface area contributed by atoms with E-state index in [-0.39, 0.29) is 0 Å². The highest BCUT2D eigenvalue weighted by Gasteiger charge is 2.18. The molecule has 0 saturated carbocycles. The summed E-state index contributed by atoms with van der Waals surface area (Å²) < 4.78 is 6.66. The first-order chi connectivity index (χ1) is 27.3. The van der Waals surface area contributed by atoms with E-state index < -0.39 is 0 Å². The highest BCUT2D eigenvalue weighted by atomic mass is 15.1. The van der Waals surface area contributed by atoms with E-state index >= 15 is 0 Å². The highest BCUT2D eigenvalue weighted by molar-refractivity contribution is 6.11. The Bertz CT molecular complexity index is 3210. The van der Waals surface area contributed by atoms with Crippen LogP contribution in [0.5, 0.6) is 0 Å². The second-order valence-corrected chi connectivity index (χ2v) is 13.4. The molecule has 0 radical (unpaired) electrons. The van der Waals surface area contributed by atoms with E-state index in [1.807, 2.05) is 49.2 Å². The molecular weight excluding hydrogens is 679 g/mol. The Labute approximate surface area is 314 Å². The molecule has 55 heavy (non-hydrogen) atoms. The molecule has 0 amide bonds. The molecule has 0 spiro atoms. The molecular formula is C46H29N9. The Balaban J connectivity index is 1.03. The van der Waals surface area contributed by atoms with Crippen LogP contribution in [0.4, 0.5) is 0 Å². The number of hydrogen-bond donors (Lipinski definition) is 0. The molecule has 6 aromatic heterocycles. The van der Waals surface area contributed by atoms with Crippen molar-refractivity contribution in [3.05, 3.63) is 177 Å². The molecule has 0 unspecified atom stereocenters. The average Bonchev–Trinajstić information content (AvgIpc) is 3.97. The molecule has 9 nitrogen and oxygen atoms in total. The molecule has 0 aliphatic rings. The van der Waals surface area contributed by atoms with E-state index in [1.54, 1.807) is 0 Å². The molecule has 11 aromatic rings. The molecule has 11 rings (SSSR count). The molecule has 0 fully saturated rings. The van der Waals surface area contributed by atoms with E-state index in [0.29, 0.717) is 5.82 Å². The van der Waals surface area contributed by atoms with Crippen LogP contribution in [-0.4, -0.2) is 43.6 Å². The van der Waals surface area contributed by atoms with E-state index in [2.05, 4.69) is 149 Å². The zero-order valence-electron chi connectivity index (χ0n) is 29.3. The van der Waals surface area contributed by atoms with Gasteiger partial charge in [-0.1, -0.05) is 66.7 Å². The van der Waals surface area contributed by atoms with Crippen molar-refractivity contribution in [1.29, 1.82) is 0 Å². The van der Waals surface area contributed by atoms with Crippen molar-refractivity contribution in [2.24, 2.45) is 0 Å². The van der Waals surface area contributed by atoms with E-state index in [4.69, 9.17) is 9.97 Å². The number of fused-ring (bicyclic) bond motifs is 6. The van der Waals surface area contributed by atoms with Crippen LogP contribution in [0.1, 0.15) is 0 Å². The van der Waals surface area contributed by atoms with Gasteiger partial charge in [-0.2, -0.15) is 0 Å². The van der Waals surface area contributed by atoms with Crippen molar-refractivity contribution in [3.8, 4) is 51.0 Å². The number of imidazole rings is 1. The Morgan fingerprint density at radius 3 is 2.04 bits per heavy atom. The minimum Gasteiger partial charge on any atom is -0.308 e. The zero-order chi connectivity index (χ0) is 36.3. The first-order valence-electron chi connectivity index (χ1n) is 18.0. The third kappa shape index (κ3) is 5.02. The third-order valence-corrected chi connectivity index (χ3v) is 10.3. The van der Waals surface area contributed by atoms with Gasteiger partial charge in [-0.3, -0.25) is 14.1 Å². The summed E-state index contributed by atoms with van der Waals surface area (Å²) in [4.78, 5) is 27.0. The zero-order valence-corrected chi connectivity index (χ0v) is 29.3. The summed E-state index contributed by atoms with van der Waals surface area (Å²) in [6.45, 7) is 0. The van der Waals surface area contributed by atoms with Gasteiger partial charge in [0.2, 0.25) is 0 Å². The lowest BCUT2D eigenvalue weighted by atomic mass is 10.0. The lowest BCUT2D eigenvalue weighted by molar-refractivity contribution is 1.05. The maximum absolute atomic E-state index is 4.98. The lowest BCUT2D eigenvalue weighted by Crippen LogP contribution is -1.99. The maximum atomic E-state index is 4.98. The molecule has 0 saturated heterocycles. The van der Waals surface area contributed by atoms with Crippen LogP contribution in [0, 0.1) is 0 Å². The molecule has 0 aliphatic heterocycles. The van der Waals surface area contributed by atoms with Crippen LogP contribution in [0.3, 0.4) is 0 Å². The Morgan fingerprint density at radius 1 is 0.400 bits per heavy atom. The van der Waals surface area contributed by atoms with Gasteiger partial charge in [0.1, 0.15) is 24.1 Å². The van der Waals surface area contributed by atoms with E-state index in [0.717, 1.165) is 88.9 Å². The quantitative estimate of drug-likeness (QED) is 0.171. The van der Waals surface area contributed by atoms with Gasteiger partial charge in [0.05, 0.1) is 22.7 Å². The summed E-state index contributed by atoms with van der Waals surface area (Å²) in [6, 6.07) is 46.9. The number of hydrogen-bond acceptors (Lipinski definition) is 6. The number of para-hydroxylation sites is 2. The molecule has 5 aromatic carbocycles. The first-order valence-corrected chi connectivity index (χ1v) is 18.0. The number of rotatable bonds is 6. The Morgan fingerprint density at radius 2 is 1.13 bits per heavy atom. The summed E-state index contributed by atoms with van der Waals surface area (Å²) in [6.07, 6.45) is 12.5. The van der Waals surface area contributed by atoms with Crippen LogP contribution in [0.15, 0.2) is 177 Å². The average molecular weight is 708 g/mol. The first kappa shape index (κ1) is 30.8. The lowest BCUT2D eigenvalue weighted by Gasteiger charge is -2.12. The van der Waals surface area contributed by atoms with Gasteiger partial charge in [-0.05, 0) is 77.9 Å². The van der Waals surface area contributed by atoms with Gasteiger partial charge >= 0.3 is 0 Å². The van der Waals surface area contributed by atoms with Crippen molar-refractivity contribution in [2.75, 3.05) is 0 Å². The number of benzene rings is 5. The van der Waals surface area contributed by atoms with E-state index in [1.165, 1.54) is 12.7 Å². The van der Waals surface area contributed by atoms with Crippen LogP contribution in [0.2, 0.25) is 0 Å². The summed E-state index contributed by atoms with van der Waals surface area (Å²) in [5.74, 6) is 1.49. The predicted molar refractivity (Wildman–Crippen MR) is 218 cm³/mol. The smallest absolute Gasteiger partial charge is 0.164 e. The fourth-order valence-corrected chi connectivity index (χ4v) is 7.87. The Hall–Kier alpha value is -7.78. The van der Waals surface area contributed by atoms with Gasteiger partial charge in [0, 0.05) is 74.5 Å². The van der Waals surface area contributed by atoms with E-state index in [9.17, 15) is 0 Å². The molecule has 0 bridgehead atoms. The third-order valence-electron chi connectivity index (χ3n) is 10.3. The largest absolute Gasteiger partial charge is 0.308 e. The van der Waals surface area contributed by atoms with Crippen LogP contribution < -0.4 is 0 Å². The molecule has 9 heteroatoms. The van der Waals surface area contributed by atoms with Gasteiger partial charge in [-0.25, -0.2) is 24.9 Å². The molecule has 0 atom stereocenters. The number of nitrogens with zero attached hydrogens (tertiary/aromatic N) is 9. The maximum Gasteiger partial charge on any atom is 0.164 e. The number of pyridine rings is 2. The number of aromatic nitrogens is 9. The fourth-order valence-electron chi connectivity index (χ4n) is 7.87. The van der Waals surface area contributed by atoms with Gasteiger partial charge in [0.15, 0.2) is 5.82 Å². The topological polar surface area (TPSA) is 92.1 Å². The van der Waals surface area contributed by atoms with Gasteiger partial charge < -0.3 is 4.57 Å². The molecule has 0 aliphatic carbocycles. The predicted octanol–water partition coefficient (Wildman–Crippen LogP) is 10.0. The summed E-state index contributed by atoms with van der Waals surface area (Å²) in [7, 11) is 0. The van der Waals surface area contributed by atoms with Crippen molar-refractivity contribution < 1.29 is 0 Å². The van der Waals surface area contributed by atoms with Crippen molar-refractivity contribution in [2.45, 2.75) is 0 Å². The van der Waals surface area contributed by atoms with Crippen molar-refractivity contribution in [3.63, 3.8) is 0 Å². The normalized spacial score (nSPS) is 11.6.